The van der Waals surface area contributed by atoms with Gasteiger partial charge in [0.15, 0.2) is 0 Å². The third-order valence-electron chi connectivity index (χ3n) is 3.56. The van der Waals surface area contributed by atoms with E-state index in [0.717, 1.165) is 6.54 Å². The third-order valence-corrected chi connectivity index (χ3v) is 3.56. The highest BCUT2D eigenvalue weighted by Crippen LogP contribution is 2.43. The molecular formula is C14H22N2. The Kier molecular flexibility index (Phi) is 3.02. The number of hydrogen-bond acceptors (Lipinski definition) is 2. The SMILES string of the molecule is CC(C)(C)NCC1(c2ccncc2)CCC1. The Bertz CT molecular complexity index is 334. The second kappa shape index (κ2) is 4.17. The van der Waals surface area contributed by atoms with E-state index in [-0.39, 0.29) is 5.54 Å². The number of rotatable bonds is 3. The molecule has 2 rings (SSSR count). The first-order valence-corrected chi connectivity index (χ1v) is 6.17. The van der Waals surface area contributed by atoms with Gasteiger partial charge in [0.1, 0.15) is 0 Å². The molecular weight excluding hydrogens is 196 g/mol. The monoisotopic (exact) mass is 218 g/mol. The highest BCUT2D eigenvalue weighted by atomic mass is 15.0. The zero-order valence-electron chi connectivity index (χ0n) is 10.6. The molecule has 0 saturated heterocycles. The van der Waals surface area contributed by atoms with Crippen LogP contribution in [0.15, 0.2) is 24.5 Å². The molecule has 2 heteroatoms. The van der Waals surface area contributed by atoms with Gasteiger partial charge in [-0.1, -0.05) is 6.42 Å². The van der Waals surface area contributed by atoms with E-state index >= 15 is 0 Å². The molecule has 0 unspecified atom stereocenters. The van der Waals surface area contributed by atoms with Crippen LogP contribution in [0.2, 0.25) is 0 Å². The summed E-state index contributed by atoms with van der Waals surface area (Å²) in [6.07, 6.45) is 7.79. The van der Waals surface area contributed by atoms with Crippen molar-refractivity contribution in [1.29, 1.82) is 0 Å². The molecule has 1 fully saturated rings. The minimum Gasteiger partial charge on any atom is -0.311 e. The molecule has 0 aromatic carbocycles. The van der Waals surface area contributed by atoms with Crippen molar-refractivity contribution < 1.29 is 0 Å². The lowest BCUT2D eigenvalue weighted by Gasteiger charge is -2.44. The summed E-state index contributed by atoms with van der Waals surface area (Å²) < 4.78 is 0. The molecule has 1 aromatic heterocycles. The molecule has 0 radical (unpaired) electrons. The highest BCUT2D eigenvalue weighted by molar-refractivity contribution is 5.26. The molecule has 0 atom stereocenters. The van der Waals surface area contributed by atoms with Gasteiger partial charge in [-0.05, 0) is 51.3 Å². The second-order valence-electron chi connectivity index (χ2n) is 5.97. The summed E-state index contributed by atoms with van der Waals surface area (Å²) in [6, 6.07) is 4.34. The van der Waals surface area contributed by atoms with Crippen LogP contribution in [0.5, 0.6) is 0 Å². The fourth-order valence-corrected chi connectivity index (χ4v) is 2.31. The summed E-state index contributed by atoms with van der Waals surface area (Å²) in [5.41, 5.74) is 2.02. The maximum atomic E-state index is 4.11. The molecule has 1 N–H and O–H groups in total. The number of nitrogens with zero attached hydrogens (tertiary/aromatic N) is 1. The van der Waals surface area contributed by atoms with Gasteiger partial charge in [0.05, 0.1) is 0 Å². The fraction of sp³-hybridized carbons (Fsp3) is 0.643. The Balaban J connectivity index is 2.09. The van der Waals surface area contributed by atoms with Crippen LogP contribution >= 0.6 is 0 Å². The standard InChI is InChI=1S/C14H22N2/c1-13(2,3)16-11-14(7-4-8-14)12-5-9-15-10-6-12/h5-6,9-10,16H,4,7-8,11H2,1-3H3. The smallest absolute Gasteiger partial charge is 0.0270 e. The average molecular weight is 218 g/mol. The molecule has 88 valence electrons. The average Bonchev–Trinajstić information content (AvgIpc) is 2.16. The van der Waals surface area contributed by atoms with Gasteiger partial charge >= 0.3 is 0 Å². The predicted octanol–water partition coefficient (Wildman–Crippen LogP) is 2.89. The minimum absolute atomic E-state index is 0.204. The van der Waals surface area contributed by atoms with Crippen molar-refractivity contribution in [3.05, 3.63) is 30.1 Å². The summed E-state index contributed by atoms with van der Waals surface area (Å²) >= 11 is 0. The molecule has 16 heavy (non-hydrogen) atoms. The maximum Gasteiger partial charge on any atom is 0.0270 e. The quantitative estimate of drug-likeness (QED) is 0.844. The van der Waals surface area contributed by atoms with Crippen molar-refractivity contribution in [3.63, 3.8) is 0 Å². The number of nitrogens with one attached hydrogen (secondary N) is 1. The van der Waals surface area contributed by atoms with Crippen LogP contribution in [-0.4, -0.2) is 17.1 Å². The summed E-state index contributed by atoms with van der Waals surface area (Å²) in [4.78, 5) is 4.11. The lowest BCUT2D eigenvalue weighted by atomic mass is 9.64. The van der Waals surface area contributed by atoms with Crippen molar-refractivity contribution in [2.75, 3.05) is 6.54 Å². The first kappa shape index (κ1) is 11.6. The second-order valence-corrected chi connectivity index (χ2v) is 5.97. The van der Waals surface area contributed by atoms with Crippen molar-refractivity contribution in [2.45, 2.75) is 51.0 Å². The Morgan fingerprint density at radius 3 is 2.31 bits per heavy atom. The zero-order chi connectivity index (χ0) is 11.6. The van der Waals surface area contributed by atoms with E-state index in [4.69, 9.17) is 0 Å². The minimum atomic E-state index is 0.204. The van der Waals surface area contributed by atoms with Crippen molar-refractivity contribution >= 4 is 0 Å². The lowest BCUT2D eigenvalue weighted by molar-refractivity contribution is 0.213. The molecule has 1 aliphatic rings. The van der Waals surface area contributed by atoms with E-state index in [1.165, 1.54) is 24.8 Å². The van der Waals surface area contributed by atoms with E-state index < -0.39 is 0 Å². The van der Waals surface area contributed by atoms with Crippen LogP contribution in [0.3, 0.4) is 0 Å². The van der Waals surface area contributed by atoms with Gasteiger partial charge in [-0.25, -0.2) is 0 Å². The number of hydrogen-bond donors (Lipinski definition) is 1. The first-order valence-electron chi connectivity index (χ1n) is 6.17. The summed E-state index contributed by atoms with van der Waals surface area (Å²) in [5.74, 6) is 0. The largest absolute Gasteiger partial charge is 0.311 e. The van der Waals surface area contributed by atoms with E-state index in [1.54, 1.807) is 0 Å². The van der Waals surface area contributed by atoms with Crippen molar-refractivity contribution in [3.8, 4) is 0 Å². The Hall–Kier alpha value is -0.890. The van der Waals surface area contributed by atoms with Crippen LogP contribution in [0.1, 0.15) is 45.6 Å². The van der Waals surface area contributed by atoms with E-state index in [2.05, 4.69) is 43.2 Å². The van der Waals surface area contributed by atoms with Crippen LogP contribution in [-0.2, 0) is 5.41 Å². The molecule has 0 amide bonds. The molecule has 1 aromatic rings. The van der Waals surface area contributed by atoms with E-state index in [9.17, 15) is 0 Å². The van der Waals surface area contributed by atoms with Gasteiger partial charge in [0, 0.05) is 29.9 Å². The highest BCUT2D eigenvalue weighted by Gasteiger charge is 2.38. The van der Waals surface area contributed by atoms with Crippen LogP contribution < -0.4 is 5.32 Å². The van der Waals surface area contributed by atoms with Crippen molar-refractivity contribution in [2.24, 2.45) is 0 Å². The van der Waals surface area contributed by atoms with Crippen LogP contribution in [0, 0.1) is 0 Å². The van der Waals surface area contributed by atoms with Gasteiger partial charge in [-0.3, -0.25) is 4.98 Å². The van der Waals surface area contributed by atoms with Crippen LogP contribution in [0.25, 0.3) is 0 Å². The number of pyridine rings is 1. The first-order chi connectivity index (χ1) is 7.52. The molecule has 2 nitrogen and oxygen atoms in total. The Labute approximate surface area is 98.5 Å². The van der Waals surface area contributed by atoms with Gasteiger partial charge in [-0.2, -0.15) is 0 Å². The molecule has 1 saturated carbocycles. The van der Waals surface area contributed by atoms with E-state index in [1.807, 2.05) is 12.4 Å². The number of aromatic nitrogens is 1. The van der Waals surface area contributed by atoms with Gasteiger partial charge in [-0.15, -0.1) is 0 Å². The topological polar surface area (TPSA) is 24.9 Å². The molecule has 0 spiro atoms. The molecule has 1 aliphatic carbocycles. The predicted molar refractivity (Wildman–Crippen MR) is 67.5 cm³/mol. The van der Waals surface area contributed by atoms with Gasteiger partial charge < -0.3 is 5.32 Å². The van der Waals surface area contributed by atoms with Crippen molar-refractivity contribution in [1.82, 2.24) is 10.3 Å². The normalized spacial score (nSPS) is 19.2. The molecule has 1 heterocycles. The molecule has 0 aliphatic heterocycles. The summed E-state index contributed by atoms with van der Waals surface area (Å²) in [5, 5.41) is 3.64. The lowest BCUT2D eigenvalue weighted by Crippen LogP contribution is -2.49. The Morgan fingerprint density at radius 1 is 1.25 bits per heavy atom. The Morgan fingerprint density at radius 2 is 1.88 bits per heavy atom. The van der Waals surface area contributed by atoms with E-state index in [0.29, 0.717) is 5.41 Å². The van der Waals surface area contributed by atoms with Crippen LogP contribution in [0.4, 0.5) is 0 Å². The van der Waals surface area contributed by atoms with Gasteiger partial charge in [0.2, 0.25) is 0 Å². The zero-order valence-corrected chi connectivity index (χ0v) is 10.6. The fourth-order valence-electron chi connectivity index (χ4n) is 2.31. The molecule has 0 bridgehead atoms. The summed E-state index contributed by atoms with van der Waals surface area (Å²) in [6.45, 7) is 7.77. The maximum absolute atomic E-state index is 4.11. The third kappa shape index (κ3) is 2.43. The summed E-state index contributed by atoms with van der Waals surface area (Å²) in [7, 11) is 0. The van der Waals surface area contributed by atoms with Gasteiger partial charge in [0.25, 0.3) is 0 Å².